The Morgan fingerprint density at radius 2 is 1.79 bits per heavy atom. The Balaban J connectivity index is 1.85. The Morgan fingerprint density at radius 1 is 1.06 bits per heavy atom. The first kappa shape index (κ1) is 21.8. The van der Waals surface area contributed by atoms with Gasteiger partial charge < -0.3 is 24.4 Å². The van der Waals surface area contributed by atoms with Crippen LogP contribution < -0.4 is 20.7 Å². The van der Waals surface area contributed by atoms with E-state index in [4.69, 9.17) is 9.15 Å². The van der Waals surface area contributed by atoms with Crippen molar-refractivity contribution in [3.63, 3.8) is 0 Å². The lowest BCUT2D eigenvalue weighted by Crippen LogP contribution is -2.22. The molecular formula is C25H18FN2O5-. The Morgan fingerprint density at radius 3 is 2.45 bits per heavy atom. The molecule has 7 nitrogen and oxygen atoms in total. The molecule has 4 rings (SSSR count). The SMILES string of the molecule is CCOc1cccc2cc(C(=O)Nc3ccc(F)cc3)c(=Nc3ccc(C(=O)[O-])cc3)oc12. The van der Waals surface area contributed by atoms with Gasteiger partial charge in [0.15, 0.2) is 11.3 Å². The zero-order valence-corrected chi connectivity index (χ0v) is 17.5. The van der Waals surface area contributed by atoms with Crippen molar-refractivity contribution in [2.24, 2.45) is 4.99 Å². The van der Waals surface area contributed by atoms with Crippen molar-refractivity contribution in [3.05, 3.63) is 95.3 Å². The normalized spacial score (nSPS) is 11.4. The molecule has 0 radical (unpaired) electrons. The quantitative estimate of drug-likeness (QED) is 0.486. The molecule has 33 heavy (non-hydrogen) atoms. The number of hydrogen-bond donors (Lipinski definition) is 1. The van der Waals surface area contributed by atoms with Gasteiger partial charge in [0.2, 0.25) is 5.55 Å². The smallest absolute Gasteiger partial charge is 0.261 e. The number of fused-ring (bicyclic) bond motifs is 1. The van der Waals surface area contributed by atoms with Crippen molar-refractivity contribution < 1.29 is 28.2 Å². The molecule has 0 spiro atoms. The Bertz CT molecular complexity index is 1390. The number of hydrogen-bond acceptors (Lipinski definition) is 6. The fourth-order valence-corrected chi connectivity index (χ4v) is 3.16. The van der Waals surface area contributed by atoms with Crippen LogP contribution in [0.25, 0.3) is 11.0 Å². The number of carboxylic acids is 1. The van der Waals surface area contributed by atoms with E-state index in [2.05, 4.69) is 10.3 Å². The highest BCUT2D eigenvalue weighted by Gasteiger charge is 2.15. The van der Waals surface area contributed by atoms with E-state index in [1.54, 1.807) is 24.3 Å². The second-order valence-electron chi connectivity index (χ2n) is 6.98. The number of rotatable bonds is 6. The predicted octanol–water partition coefficient (Wildman–Crippen LogP) is 3.82. The molecule has 0 aliphatic heterocycles. The molecule has 0 unspecified atom stereocenters. The number of carbonyl (C=O) groups excluding carboxylic acids is 2. The van der Waals surface area contributed by atoms with Gasteiger partial charge in [-0.3, -0.25) is 4.79 Å². The summed E-state index contributed by atoms with van der Waals surface area (Å²) in [5, 5.41) is 14.3. The molecule has 0 aliphatic carbocycles. The summed E-state index contributed by atoms with van der Waals surface area (Å²) in [6.07, 6.45) is 0. The average molecular weight is 445 g/mol. The van der Waals surface area contributed by atoms with E-state index < -0.39 is 17.7 Å². The van der Waals surface area contributed by atoms with Crippen molar-refractivity contribution in [2.75, 3.05) is 11.9 Å². The maximum absolute atomic E-state index is 13.2. The third kappa shape index (κ3) is 4.90. The fraction of sp³-hybridized carbons (Fsp3) is 0.0800. The molecular weight excluding hydrogens is 427 g/mol. The molecule has 1 heterocycles. The summed E-state index contributed by atoms with van der Waals surface area (Å²) in [5.74, 6) is -1.76. The van der Waals surface area contributed by atoms with E-state index >= 15 is 0 Å². The van der Waals surface area contributed by atoms with Crippen molar-refractivity contribution in [1.82, 2.24) is 0 Å². The van der Waals surface area contributed by atoms with Gasteiger partial charge in [0.1, 0.15) is 11.4 Å². The minimum atomic E-state index is -1.31. The van der Waals surface area contributed by atoms with Gasteiger partial charge in [-0.15, -0.1) is 0 Å². The number of nitrogens with zero attached hydrogens (tertiary/aromatic N) is 1. The van der Waals surface area contributed by atoms with Gasteiger partial charge in [0.25, 0.3) is 5.91 Å². The van der Waals surface area contributed by atoms with Gasteiger partial charge >= 0.3 is 0 Å². The maximum Gasteiger partial charge on any atom is 0.261 e. The van der Waals surface area contributed by atoms with E-state index in [9.17, 15) is 19.1 Å². The number of amides is 1. The molecule has 0 saturated carbocycles. The summed E-state index contributed by atoms with van der Waals surface area (Å²) in [7, 11) is 0. The minimum absolute atomic E-state index is 0.00249. The first-order valence-corrected chi connectivity index (χ1v) is 10.1. The number of carbonyl (C=O) groups is 2. The second-order valence-corrected chi connectivity index (χ2v) is 6.98. The number of halogens is 1. The van der Waals surface area contributed by atoms with Crippen LogP contribution in [-0.2, 0) is 0 Å². The van der Waals surface area contributed by atoms with Crippen LogP contribution in [0.4, 0.5) is 15.8 Å². The van der Waals surface area contributed by atoms with Gasteiger partial charge in [0, 0.05) is 11.1 Å². The Hall–Kier alpha value is -4.46. The Kier molecular flexibility index (Phi) is 6.17. The molecule has 1 aromatic heterocycles. The molecule has 8 heteroatoms. The fourth-order valence-electron chi connectivity index (χ4n) is 3.16. The highest BCUT2D eigenvalue weighted by Crippen LogP contribution is 2.26. The van der Waals surface area contributed by atoms with Gasteiger partial charge in [-0.25, -0.2) is 9.38 Å². The summed E-state index contributed by atoms with van der Waals surface area (Å²) in [5.41, 5.74) is 1.29. The second kappa shape index (κ2) is 9.35. The summed E-state index contributed by atoms with van der Waals surface area (Å²) < 4.78 is 24.8. The molecule has 1 amide bonds. The van der Waals surface area contributed by atoms with Crippen LogP contribution >= 0.6 is 0 Å². The lowest BCUT2D eigenvalue weighted by atomic mass is 10.1. The van der Waals surface area contributed by atoms with Gasteiger partial charge in [0.05, 0.1) is 18.3 Å². The molecule has 0 fully saturated rings. The Labute approximate surface area is 187 Å². The summed E-state index contributed by atoms with van der Waals surface area (Å²) in [6.45, 7) is 2.26. The lowest BCUT2D eigenvalue weighted by molar-refractivity contribution is -0.255. The zero-order valence-electron chi connectivity index (χ0n) is 17.5. The van der Waals surface area contributed by atoms with Gasteiger partial charge in [-0.05, 0) is 61.0 Å². The maximum atomic E-state index is 13.2. The number of nitrogens with one attached hydrogen (secondary N) is 1. The number of benzene rings is 3. The van der Waals surface area contributed by atoms with E-state index in [1.807, 2.05) is 6.92 Å². The molecule has 4 aromatic rings. The molecule has 0 aliphatic rings. The third-order valence-corrected chi connectivity index (χ3v) is 4.72. The largest absolute Gasteiger partial charge is 0.545 e. The van der Waals surface area contributed by atoms with Gasteiger partial charge in [-0.2, -0.15) is 0 Å². The highest BCUT2D eigenvalue weighted by atomic mass is 19.1. The molecule has 0 saturated heterocycles. The lowest BCUT2D eigenvalue weighted by Gasteiger charge is -2.10. The van der Waals surface area contributed by atoms with Crippen LogP contribution in [0, 0.1) is 5.82 Å². The van der Waals surface area contributed by atoms with Crippen LogP contribution in [0.5, 0.6) is 5.75 Å². The summed E-state index contributed by atoms with van der Waals surface area (Å²) in [6, 6.07) is 17.9. The standard InChI is InChI=1S/C25H19FN2O5/c1-2-32-21-5-3-4-16-14-20(23(29)27-18-12-8-17(26)9-13-18)24(33-22(16)21)28-19-10-6-15(7-11-19)25(30)31/h3-14H,2H2,1H3,(H,27,29)(H,30,31)/p-1. The monoisotopic (exact) mass is 445 g/mol. The zero-order chi connectivity index (χ0) is 23.4. The van der Waals surface area contributed by atoms with E-state index in [0.717, 1.165) is 0 Å². The first-order chi connectivity index (χ1) is 15.9. The van der Waals surface area contributed by atoms with E-state index in [-0.39, 0.29) is 16.7 Å². The highest BCUT2D eigenvalue weighted by molar-refractivity contribution is 6.05. The minimum Gasteiger partial charge on any atom is -0.545 e. The molecule has 0 bridgehead atoms. The van der Waals surface area contributed by atoms with Crippen molar-refractivity contribution >= 4 is 34.2 Å². The molecule has 3 aromatic carbocycles. The van der Waals surface area contributed by atoms with E-state index in [0.29, 0.717) is 34.7 Å². The van der Waals surface area contributed by atoms with Crippen LogP contribution in [0.1, 0.15) is 27.6 Å². The number of carboxylic acid groups (broad SMARTS) is 1. The molecule has 1 N–H and O–H groups in total. The predicted molar refractivity (Wildman–Crippen MR) is 118 cm³/mol. The van der Waals surface area contributed by atoms with Gasteiger partial charge in [-0.1, -0.05) is 24.3 Å². The van der Waals surface area contributed by atoms with Crippen molar-refractivity contribution in [1.29, 1.82) is 0 Å². The molecule has 0 atom stereocenters. The van der Waals surface area contributed by atoms with Crippen LogP contribution in [0.2, 0.25) is 0 Å². The third-order valence-electron chi connectivity index (χ3n) is 4.72. The van der Waals surface area contributed by atoms with E-state index in [1.165, 1.54) is 48.5 Å². The first-order valence-electron chi connectivity index (χ1n) is 10.1. The number of anilines is 1. The number of aromatic carboxylic acids is 1. The van der Waals surface area contributed by atoms with Crippen LogP contribution in [0.3, 0.4) is 0 Å². The van der Waals surface area contributed by atoms with Crippen molar-refractivity contribution in [3.8, 4) is 5.75 Å². The van der Waals surface area contributed by atoms with Crippen LogP contribution in [0.15, 0.2) is 82.2 Å². The average Bonchev–Trinajstić information content (AvgIpc) is 2.81. The number of para-hydroxylation sites is 1. The topological polar surface area (TPSA) is 104 Å². The summed E-state index contributed by atoms with van der Waals surface area (Å²) in [4.78, 5) is 28.5. The molecule has 166 valence electrons. The van der Waals surface area contributed by atoms with Crippen molar-refractivity contribution in [2.45, 2.75) is 6.92 Å². The summed E-state index contributed by atoms with van der Waals surface area (Å²) >= 11 is 0. The number of ether oxygens (including phenoxy) is 1. The van der Waals surface area contributed by atoms with Crippen LogP contribution in [-0.4, -0.2) is 18.5 Å².